The standard InChI is InChI=1S/C11H9N3O5/c15-11(16)8-2-1-3-9(10(8)14(17)18)12-6-7-4-5-13-19-7/h1-5,12H,6H2,(H,15,16). The number of nitro groups is 1. The summed E-state index contributed by atoms with van der Waals surface area (Å²) in [6, 6.07) is 5.64. The lowest BCUT2D eigenvalue weighted by atomic mass is 10.1. The zero-order valence-electron chi connectivity index (χ0n) is 9.57. The van der Waals surface area contributed by atoms with Gasteiger partial charge < -0.3 is 14.9 Å². The Kier molecular flexibility index (Phi) is 3.42. The van der Waals surface area contributed by atoms with Crippen LogP contribution in [0.2, 0.25) is 0 Å². The van der Waals surface area contributed by atoms with Crippen LogP contribution in [0, 0.1) is 10.1 Å². The third kappa shape index (κ3) is 2.68. The normalized spacial score (nSPS) is 10.1. The van der Waals surface area contributed by atoms with Crippen molar-refractivity contribution < 1.29 is 19.3 Å². The van der Waals surface area contributed by atoms with Crippen LogP contribution in [0.1, 0.15) is 16.1 Å². The summed E-state index contributed by atoms with van der Waals surface area (Å²) in [5.41, 5.74) is -0.733. The first-order chi connectivity index (χ1) is 9.09. The average Bonchev–Trinajstić information content (AvgIpc) is 2.88. The highest BCUT2D eigenvalue weighted by molar-refractivity contribution is 5.95. The number of carboxylic acid groups (broad SMARTS) is 1. The number of aromatic nitrogens is 1. The average molecular weight is 263 g/mol. The van der Waals surface area contributed by atoms with Gasteiger partial charge in [0.1, 0.15) is 11.3 Å². The number of nitrogens with one attached hydrogen (secondary N) is 1. The fraction of sp³-hybridized carbons (Fsp3) is 0.0909. The molecule has 2 aromatic rings. The zero-order chi connectivity index (χ0) is 13.8. The van der Waals surface area contributed by atoms with Crippen molar-refractivity contribution in [2.75, 3.05) is 5.32 Å². The van der Waals surface area contributed by atoms with Gasteiger partial charge in [-0.3, -0.25) is 10.1 Å². The third-order valence-electron chi connectivity index (χ3n) is 2.39. The lowest BCUT2D eigenvalue weighted by Crippen LogP contribution is -2.07. The van der Waals surface area contributed by atoms with Crippen LogP contribution in [0.15, 0.2) is 35.0 Å². The summed E-state index contributed by atoms with van der Waals surface area (Å²) in [6.07, 6.45) is 1.44. The second kappa shape index (κ2) is 5.17. The fourth-order valence-corrected chi connectivity index (χ4v) is 1.57. The van der Waals surface area contributed by atoms with Crippen LogP contribution in [0.3, 0.4) is 0 Å². The van der Waals surface area contributed by atoms with E-state index in [0.29, 0.717) is 5.76 Å². The molecule has 2 rings (SSSR count). The highest BCUT2D eigenvalue weighted by Crippen LogP contribution is 2.29. The van der Waals surface area contributed by atoms with Crippen molar-refractivity contribution in [2.24, 2.45) is 0 Å². The zero-order valence-corrected chi connectivity index (χ0v) is 9.57. The molecule has 8 nitrogen and oxygen atoms in total. The Morgan fingerprint density at radius 3 is 2.84 bits per heavy atom. The minimum atomic E-state index is -1.35. The quantitative estimate of drug-likeness (QED) is 0.624. The number of carbonyl (C=O) groups is 1. The molecule has 0 bridgehead atoms. The van der Waals surface area contributed by atoms with Crippen molar-refractivity contribution in [3.05, 3.63) is 51.9 Å². The molecule has 0 spiro atoms. The van der Waals surface area contributed by atoms with E-state index < -0.39 is 16.6 Å². The Morgan fingerprint density at radius 2 is 2.26 bits per heavy atom. The molecule has 0 amide bonds. The molecule has 0 saturated carbocycles. The molecule has 0 radical (unpaired) electrons. The second-order valence-electron chi connectivity index (χ2n) is 3.60. The van der Waals surface area contributed by atoms with E-state index in [0.717, 1.165) is 0 Å². The molecule has 19 heavy (non-hydrogen) atoms. The fourth-order valence-electron chi connectivity index (χ4n) is 1.57. The number of hydrogen-bond donors (Lipinski definition) is 2. The predicted octanol–water partition coefficient (Wildman–Crippen LogP) is 1.89. The maximum atomic E-state index is 11.0. The molecular weight excluding hydrogens is 254 g/mol. The van der Waals surface area contributed by atoms with E-state index in [1.165, 1.54) is 24.4 Å². The molecular formula is C11H9N3O5. The molecule has 0 aliphatic rings. The minimum Gasteiger partial charge on any atom is -0.477 e. The summed E-state index contributed by atoms with van der Waals surface area (Å²) in [5, 5.41) is 26.2. The molecule has 2 N–H and O–H groups in total. The number of aromatic carboxylic acids is 1. The maximum Gasteiger partial charge on any atom is 0.342 e. The SMILES string of the molecule is O=C(O)c1cccc(NCc2ccno2)c1[N+](=O)[O-]. The van der Waals surface area contributed by atoms with Gasteiger partial charge in [-0.05, 0) is 12.1 Å². The maximum absolute atomic E-state index is 11.0. The molecule has 8 heteroatoms. The number of nitro benzene ring substituents is 1. The number of para-hydroxylation sites is 1. The largest absolute Gasteiger partial charge is 0.477 e. The van der Waals surface area contributed by atoms with Gasteiger partial charge in [0.15, 0.2) is 5.76 Å². The number of benzene rings is 1. The summed E-state index contributed by atoms with van der Waals surface area (Å²) in [6.45, 7) is 0.171. The number of nitrogens with zero attached hydrogens (tertiary/aromatic N) is 2. The van der Waals surface area contributed by atoms with Crippen LogP contribution in [-0.4, -0.2) is 21.2 Å². The predicted molar refractivity (Wildman–Crippen MR) is 63.9 cm³/mol. The molecule has 1 aromatic heterocycles. The smallest absolute Gasteiger partial charge is 0.342 e. The van der Waals surface area contributed by atoms with Gasteiger partial charge in [0.25, 0.3) is 0 Å². The number of carboxylic acids is 1. The van der Waals surface area contributed by atoms with E-state index in [4.69, 9.17) is 9.63 Å². The Labute approximate surface area is 106 Å². The highest BCUT2D eigenvalue weighted by atomic mass is 16.6. The van der Waals surface area contributed by atoms with Gasteiger partial charge in [0.05, 0.1) is 17.7 Å². The van der Waals surface area contributed by atoms with Gasteiger partial charge in [-0.25, -0.2) is 4.79 Å². The van der Waals surface area contributed by atoms with Crippen LogP contribution in [0.4, 0.5) is 11.4 Å². The van der Waals surface area contributed by atoms with Gasteiger partial charge in [-0.15, -0.1) is 0 Å². The lowest BCUT2D eigenvalue weighted by molar-refractivity contribution is -0.384. The summed E-state index contributed by atoms with van der Waals surface area (Å²) < 4.78 is 4.83. The molecule has 0 fully saturated rings. The molecule has 98 valence electrons. The van der Waals surface area contributed by atoms with Gasteiger partial charge in [0.2, 0.25) is 0 Å². The van der Waals surface area contributed by atoms with Crippen molar-refractivity contribution >= 4 is 17.3 Å². The summed E-state index contributed by atoms with van der Waals surface area (Å²) in [4.78, 5) is 21.2. The van der Waals surface area contributed by atoms with Crippen LogP contribution < -0.4 is 5.32 Å². The minimum absolute atomic E-state index is 0.112. The summed E-state index contributed by atoms with van der Waals surface area (Å²) in [5.74, 6) is -0.870. The molecule has 1 aromatic carbocycles. The van der Waals surface area contributed by atoms with Gasteiger partial charge >= 0.3 is 11.7 Å². The van der Waals surface area contributed by atoms with E-state index in [1.807, 2.05) is 0 Å². The number of rotatable bonds is 5. The van der Waals surface area contributed by atoms with E-state index in [9.17, 15) is 14.9 Å². The van der Waals surface area contributed by atoms with E-state index in [1.54, 1.807) is 6.07 Å². The lowest BCUT2D eigenvalue weighted by Gasteiger charge is -2.06. The Balaban J connectivity index is 2.31. The van der Waals surface area contributed by atoms with Crippen molar-refractivity contribution in [3.8, 4) is 0 Å². The third-order valence-corrected chi connectivity index (χ3v) is 2.39. The molecule has 1 heterocycles. The van der Waals surface area contributed by atoms with Crippen molar-refractivity contribution in [2.45, 2.75) is 6.54 Å². The van der Waals surface area contributed by atoms with Crippen LogP contribution in [0.25, 0.3) is 0 Å². The van der Waals surface area contributed by atoms with Gasteiger partial charge in [-0.1, -0.05) is 11.2 Å². The first kappa shape index (κ1) is 12.6. The Morgan fingerprint density at radius 1 is 1.47 bits per heavy atom. The van der Waals surface area contributed by atoms with Crippen molar-refractivity contribution in [1.82, 2.24) is 5.16 Å². The van der Waals surface area contributed by atoms with Crippen molar-refractivity contribution in [3.63, 3.8) is 0 Å². The Bertz CT molecular complexity index is 609. The second-order valence-corrected chi connectivity index (χ2v) is 3.60. The number of anilines is 1. The van der Waals surface area contributed by atoms with Crippen molar-refractivity contribution in [1.29, 1.82) is 0 Å². The van der Waals surface area contributed by atoms with Gasteiger partial charge in [0, 0.05) is 6.07 Å². The Hall–Kier alpha value is -2.90. The van der Waals surface area contributed by atoms with Gasteiger partial charge in [-0.2, -0.15) is 0 Å². The van der Waals surface area contributed by atoms with E-state index in [2.05, 4.69) is 10.5 Å². The van der Waals surface area contributed by atoms with Crippen LogP contribution >= 0.6 is 0 Å². The van der Waals surface area contributed by atoms with Crippen LogP contribution in [0.5, 0.6) is 0 Å². The highest BCUT2D eigenvalue weighted by Gasteiger charge is 2.24. The first-order valence-electron chi connectivity index (χ1n) is 5.23. The number of hydrogen-bond acceptors (Lipinski definition) is 6. The molecule has 0 atom stereocenters. The molecule has 0 saturated heterocycles. The molecule has 0 aliphatic heterocycles. The topological polar surface area (TPSA) is 118 Å². The summed E-state index contributed by atoms with van der Waals surface area (Å²) >= 11 is 0. The molecule has 0 unspecified atom stereocenters. The van der Waals surface area contributed by atoms with E-state index in [-0.39, 0.29) is 17.8 Å². The summed E-state index contributed by atoms with van der Waals surface area (Å²) in [7, 11) is 0. The monoisotopic (exact) mass is 263 g/mol. The molecule has 0 aliphatic carbocycles. The first-order valence-corrected chi connectivity index (χ1v) is 5.23. The van der Waals surface area contributed by atoms with Crippen LogP contribution in [-0.2, 0) is 6.54 Å². The van der Waals surface area contributed by atoms with E-state index >= 15 is 0 Å².